The van der Waals surface area contributed by atoms with Gasteiger partial charge in [0.2, 0.25) is 0 Å². The maximum atomic E-state index is 13.4. The molecule has 0 aliphatic carbocycles. The van der Waals surface area contributed by atoms with Gasteiger partial charge < -0.3 is 15.8 Å². The molecule has 21 heavy (non-hydrogen) atoms. The Labute approximate surface area is 122 Å². The minimum Gasteiger partial charge on any atom is -0.497 e. The number of ether oxygens (including phenoxy) is 1. The third kappa shape index (κ3) is 3.31. The molecule has 2 aromatic rings. The maximum Gasteiger partial charge on any atom is 0.253 e. The number of hydrogen-bond acceptors (Lipinski definition) is 3. The Balaban J connectivity index is 2.16. The van der Waals surface area contributed by atoms with Crippen LogP contribution in [0.2, 0.25) is 0 Å². The van der Waals surface area contributed by atoms with E-state index in [1.807, 2.05) is 31.2 Å². The van der Waals surface area contributed by atoms with Gasteiger partial charge in [-0.2, -0.15) is 0 Å². The fourth-order valence-corrected chi connectivity index (χ4v) is 2.00. The van der Waals surface area contributed by atoms with Crippen molar-refractivity contribution >= 4 is 11.6 Å². The molecule has 0 saturated carbocycles. The quantitative estimate of drug-likeness (QED) is 0.850. The molecule has 0 unspecified atom stereocenters. The fourth-order valence-electron chi connectivity index (χ4n) is 2.00. The first-order chi connectivity index (χ1) is 10.0. The first-order valence-corrected chi connectivity index (χ1v) is 6.51. The van der Waals surface area contributed by atoms with Crippen LogP contribution in [0.25, 0.3) is 0 Å². The number of carbonyl (C=O) groups excluding carboxylic acids is 1. The van der Waals surface area contributed by atoms with E-state index >= 15 is 0 Å². The van der Waals surface area contributed by atoms with E-state index in [1.54, 1.807) is 7.11 Å². The van der Waals surface area contributed by atoms with Gasteiger partial charge >= 0.3 is 0 Å². The van der Waals surface area contributed by atoms with Gasteiger partial charge in [0, 0.05) is 0 Å². The molecule has 0 bridgehead atoms. The number of nitrogens with two attached hydrogens (primary N) is 1. The topological polar surface area (TPSA) is 64.3 Å². The Bertz CT molecular complexity index is 658. The number of carbonyl (C=O) groups is 1. The molecule has 0 aliphatic rings. The second-order valence-corrected chi connectivity index (χ2v) is 4.67. The summed E-state index contributed by atoms with van der Waals surface area (Å²) in [4.78, 5) is 12.2. The number of nitrogens with one attached hydrogen (secondary N) is 1. The summed E-state index contributed by atoms with van der Waals surface area (Å²) in [6, 6.07) is 11.3. The highest BCUT2D eigenvalue weighted by Gasteiger charge is 2.15. The van der Waals surface area contributed by atoms with Gasteiger partial charge in [0.25, 0.3) is 5.91 Å². The van der Waals surface area contributed by atoms with Gasteiger partial charge in [-0.3, -0.25) is 4.79 Å². The largest absolute Gasteiger partial charge is 0.497 e. The fraction of sp³-hybridized carbons (Fsp3) is 0.188. The normalized spacial score (nSPS) is 11.8. The van der Waals surface area contributed by atoms with E-state index in [1.165, 1.54) is 18.2 Å². The van der Waals surface area contributed by atoms with Crippen LogP contribution in [0.15, 0.2) is 42.5 Å². The molecular formula is C16H17FN2O2. The lowest BCUT2D eigenvalue weighted by molar-refractivity contribution is 0.0940. The molecule has 2 aromatic carbocycles. The molecule has 0 spiro atoms. The molecule has 0 heterocycles. The molecule has 1 atom stereocenters. The van der Waals surface area contributed by atoms with E-state index in [9.17, 15) is 9.18 Å². The number of halogens is 1. The summed E-state index contributed by atoms with van der Waals surface area (Å²) in [6.07, 6.45) is 0. The Morgan fingerprint density at radius 3 is 2.71 bits per heavy atom. The van der Waals surface area contributed by atoms with Crippen molar-refractivity contribution in [3.05, 3.63) is 59.4 Å². The van der Waals surface area contributed by atoms with Crippen LogP contribution in [0.5, 0.6) is 5.75 Å². The lowest BCUT2D eigenvalue weighted by Crippen LogP contribution is -2.27. The summed E-state index contributed by atoms with van der Waals surface area (Å²) in [5, 5.41) is 2.79. The second kappa shape index (κ2) is 6.26. The van der Waals surface area contributed by atoms with Gasteiger partial charge in [-0.1, -0.05) is 18.2 Å². The minimum atomic E-state index is -0.600. The molecule has 0 aromatic heterocycles. The minimum absolute atomic E-state index is 0.129. The maximum absolute atomic E-state index is 13.4. The van der Waals surface area contributed by atoms with Crippen molar-refractivity contribution in [3.8, 4) is 5.75 Å². The first-order valence-electron chi connectivity index (χ1n) is 6.51. The van der Waals surface area contributed by atoms with Crippen molar-refractivity contribution in [1.29, 1.82) is 0 Å². The molecule has 0 saturated heterocycles. The Hall–Kier alpha value is -2.56. The first kappa shape index (κ1) is 14.8. The van der Waals surface area contributed by atoms with Gasteiger partial charge in [-0.15, -0.1) is 0 Å². The summed E-state index contributed by atoms with van der Waals surface area (Å²) >= 11 is 0. The average Bonchev–Trinajstić information content (AvgIpc) is 2.49. The summed E-state index contributed by atoms with van der Waals surface area (Å²) in [6.45, 7) is 1.84. The SMILES string of the molecule is COc1cccc([C@H](C)NC(=O)c2cccc(F)c2N)c1. The van der Waals surface area contributed by atoms with Crippen molar-refractivity contribution < 1.29 is 13.9 Å². The van der Waals surface area contributed by atoms with Crippen LogP contribution in [0, 0.1) is 5.82 Å². The monoisotopic (exact) mass is 288 g/mol. The zero-order chi connectivity index (χ0) is 15.4. The van der Waals surface area contributed by atoms with Crippen LogP contribution in [0.3, 0.4) is 0 Å². The Morgan fingerprint density at radius 2 is 2.00 bits per heavy atom. The van der Waals surface area contributed by atoms with Crippen LogP contribution < -0.4 is 15.8 Å². The standard InChI is InChI=1S/C16H17FN2O2/c1-10(11-5-3-6-12(9-11)21-2)19-16(20)13-7-4-8-14(17)15(13)18/h3-10H,18H2,1-2H3,(H,19,20)/t10-/m0/s1. The molecule has 0 fully saturated rings. The van der Waals surface area contributed by atoms with Crippen molar-refractivity contribution in [3.63, 3.8) is 0 Å². The van der Waals surface area contributed by atoms with Crippen molar-refractivity contribution in [2.24, 2.45) is 0 Å². The van der Waals surface area contributed by atoms with E-state index in [0.29, 0.717) is 5.75 Å². The van der Waals surface area contributed by atoms with Crippen LogP contribution >= 0.6 is 0 Å². The average molecular weight is 288 g/mol. The van der Waals surface area contributed by atoms with Crippen LogP contribution in [-0.2, 0) is 0 Å². The molecule has 5 heteroatoms. The number of para-hydroxylation sites is 1. The molecule has 0 radical (unpaired) electrons. The zero-order valence-electron chi connectivity index (χ0n) is 11.9. The molecule has 4 nitrogen and oxygen atoms in total. The van der Waals surface area contributed by atoms with Crippen molar-refractivity contribution in [1.82, 2.24) is 5.32 Å². The van der Waals surface area contributed by atoms with E-state index in [0.717, 1.165) is 5.56 Å². The van der Waals surface area contributed by atoms with Gasteiger partial charge in [0.15, 0.2) is 0 Å². The highest BCUT2D eigenvalue weighted by Crippen LogP contribution is 2.21. The lowest BCUT2D eigenvalue weighted by atomic mass is 10.1. The number of hydrogen-bond donors (Lipinski definition) is 2. The van der Waals surface area contributed by atoms with Gasteiger partial charge in [0.1, 0.15) is 11.6 Å². The number of amides is 1. The smallest absolute Gasteiger partial charge is 0.253 e. The molecule has 1 amide bonds. The Kier molecular flexibility index (Phi) is 4.42. The Morgan fingerprint density at radius 1 is 1.29 bits per heavy atom. The lowest BCUT2D eigenvalue weighted by Gasteiger charge is -2.16. The number of anilines is 1. The highest BCUT2D eigenvalue weighted by molar-refractivity contribution is 5.99. The second-order valence-electron chi connectivity index (χ2n) is 4.67. The summed E-state index contributed by atoms with van der Waals surface area (Å²) in [5.41, 5.74) is 6.46. The van der Waals surface area contributed by atoms with Crippen molar-refractivity contribution in [2.45, 2.75) is 13.0 Å². The summed E-state index contributed by atoms with van der Waals surface area (Å²) < 4.78 is 18.5. The molecule has 110 valence electrons. The molecular weight excluding hydrogens is 271 g/mol. The van der Waals surface area contributed by atoms with E-state index < -0.39 is 11.7 Å². The van der Waals surface area contributed by atoms with Crippen LogP contribution in [0.4, 0.5) is 10.1 Å². The van der Waals surface area contributed by atoms with Crippen LogP contribution in [-0.4, -0.2) is 13.0 Å². The van der Waals surface area contributed by atoms with Crippen LogP contribution in [0.1, 0.15) is 28.9 Å². The van der Waals surface area contributed by atoms with Crippen molar-refractivity contribution in [2.75, 3.05) is 12.8 Å². The van der Waals surface area contributed by atoms with Gasteiger partial charge in [-0.25, -0.2) is 4.39 Å². The summed E-state index contributed by atoms with van der Waals surface area (Å²) in [7, 11) is 1.58. The van der Waals surface area contributed by atoms with Gasteiger partial charge in [-0.05, 0) is 36.8 Å². The number of methoxy groups -OCH3 is 1. The number of rotatable bonds is 4. The number of benzene rings is 2. The van der Waals surface area contributed by atoms with E-state index in [4.69, 9.17) is 10.5 Å². The number of nitrogen functional groups attached to an aromatic ring is 1. The molecule has 0 aliphatic heterocycles. The third-order valence-electron chi connectivity index (χ3n) is 3.24. The zero-order valence-corrected chi connectivity index (χ0v) is 11.9. The molecule has 2 rings (SSSR count). The van der Waals surface area contributed by atoms with E-state index in [-0.39, 0.29) is 17.3 Å². The third-order valence-corrected chi connectivity index (χ3v) is 3.24. The van der Waals surface area contributed by atoms with Gasteiger partial charge in [0.05, 0.1) is 24.4 Å². The molecule has 3 N–H and O–H groups in total. The predicted octanol–water partition coefficient (Wildman–Crippen LogP) is 2.91. The van der Waals surface area contributed by atoms with E-state index in [2.05, 4.69) is 5.32 Å². The summed E-state index contributed by atoms with van der Waals surface area (Å²) in [5.74, 6) is -0.308. The highest BCUT2D eigenvalue weighted by atomic mass is 19.1. The predicted molar refractivity (Wildman–Crippen MR) is 79.7 cm³/mol.